The van der Waals surface area contributed by atoms with Crippen LogP contribution >= 0.6 is 0 Å². The number of hydrogen-bond acceptors (Lipinski definition) is 2. The molecule has 0 aromatic rings. The van der Waals surface area contributed by atoms with E-state index in [-0.39, 0.29) is 17.2 Å². The maximum absolute atomic E-state index is 11.5. The standard InChI is InChI=1S/C11H24N2O/c1-9(5-7-12)10(14)13-8-6-11(2,3)4/h9H,5-8,12H2,1-4H3,(H,13,14). The highest BCUT2D eigenvalue weighted by Crippen LogP contribution is 2.17. The second-order valence-corrected chi connectivity index (χ2v) is 5.08. The van der Waals surface area contributed by atoms with Crippen molar-refractivity contribution >= 4 is 5.91 Å². The first-order valence-electron chi connectivity index (χ1n) is 5.34. The van der Waals surface area contributed by atoms with Gasteiger partial charge in [0.1, 0.15) is 0 Å². The summed E-state index contributed by atoms with van der Waals surface area (Å²) in [5, 5.41) is 2.93. The van der Waals surface area contributed by atoms with Gasteiger partial charge < -0.3 is 11.1 Å². The Morgan fingerprint density at radius 1 is 1.43 bits per heavy atom. The highest BCUT2D eigenvalue weighted by molar-refractivity contribution is 5.78. The predicted octanol–water partition coefficient (Wildman–Crippen LogP) is 1.52. The van der Waals surface area contributed by atoms with Crippen molar-refractivity contribution in [3.63, 3.8) is 0 Å². The van der Waals surface area contributed by atoms with Crippen LogP contribution in [0, 0.1) is 11.3 Å². The number of carbonyl (C=O) groups is 1. The van der Waals surface area contributed by atoms with Crippen LogP contribution in [0.5, 0.6) is 0 Å². The van der Waals surface area contributed by atoms with E-state index in [1.807, 2.05) is 6.92 Å². The molecule has 0 aliphatic heterocycles. The van der Waals surface area contributed by atoms with Crippen molar-refractivity contribution in [2.75, 3.05) is 13.1 Å². The smallest absolute Gasteiger partial charge is 0.222 e. The first-order valence-corrected chi connectivity index (χ1v) is 5.34. The minimum Gasteiger partial charge on any atom is -0.356 e. The summed E-state index contributed by atoms with van der Waals surface area (Å²) in [5.74, 6) is 0.166. The topological polar surface area (TPSA) is 55.1 Å². The van der Waals surface area contributed by atoms with E-state index >= 15 is 0 Å². The maximum Gasteiger partial charge on any atom is 0.222 e. The van der Waals surface area contributed by atoms with Crippen LogP contribution in [0.15, 0.2) is 0 Å². The minimum absolute atomic E-state index is 0.0416. The summed E-state index contributed by atoms with van der Waals surface area (Å²) >= 11 is 0. The molecule has 0 aromatic carbocycles. The van der Waals surface area contributed by atoms with E-state index in [0.29, 0.717) is 6.54 Å². The molecule has 3 N–H and O–H groups in total. The molecular formula is C11H24N2O. The number of nitrogens with two attached hydrogens (primary N) is 1. The fraction of sp³-hybridized carbons (Fsp3) is 0.909. The molecular weight excluding hydrogens is 176 g/mol. The Morgan fingerprint density at radius 2 is 2.00 bits per heavy atom. The molecule has 0 fully saturated rings. The van der Waals surface area contributed by atoms with E-state index in [1.165, 1.54) is 0 Å². The zero-order chi connectivity index (χ0) is 11.2. The highest BCUT2D eigenvalue weighted by atomic mass is 16.1. The van der Waals surface area contributed by atoms with E-state index in [1.54, 1.807) is 0 Å². The van der Waals surface area contributed by atoms with Crippen molar-refractivity contribution in [2.45, 2.75) is 40.5 Å². The van der Waals surface area contributed by atoms with Gasteiger partial charge in [0.05, 0.1) is 0 Å². The van der Waals surface area contributed by atoms with Crippen molar-refractivity contribution in [2.24, 2.45) is 17.1 Å². The summed E-state index contributed by atoms with van der Waals surface area (Å²) in [6, 6.07) is 0. The molecule has 3 heteroatoms. The molecule has 3 nitrogen and oxygen atoms in total. The average Bonchev–Trinajstić information content (AvgIpc) is 2.02. The Morgan fingerprint density at radius 3 is 2.43 bits per heavy atom. The number of amides is 1. The lowest BCUT2D eigenvalue weighted by molar-refractivity contribution is -0.124. The van der Waals surface area contributed by atoms with Gasteiger partial charge in [-0.2, -0.15) is 0 Å². The van der Waals surface area contributed by atoms with E-state index in [2.05, 4.69) is 26.1 Å². The molecule has 0 radical (unpaired) electrons. The monoisotopic (exact) mass is 200 g/mol. The average molecular weight is 200 g/mol. The van der Waals surface area contributed by atoms with Crippen LogP contribution in [0.1, 0.15) is 40.5 Å². The van der Waals surface area contributed by atoms with Gasteiger partial charge in [0.15, 0.2) is 0 Å². The lowest BCUT2D eigenvalue weighted by Gasteiger charge is -2.19. The number of nitrogens with one attached hydrogen (secondary N) is 1. The summed E-state index contributed by atoms with van der Waals surface area (Å²) in [7, 11) is 0. The summed E-state index contributed by atoms with van der Waals surface area (Å²) in [5.41, 5.74) is 5.67. The Labute approximate surface area is 87.4 Å². The number of hydrogen-bond donors (Lipinski definition) is 2. The van der Waals surface area contributed by atoms with Gasteiger partial charge in [0, 0.05) is 12.5 Å². The molecule has 0 rings (SSSR count). The molecule has 0 saturated carbocycles. The van der Waals surface area contributed by atoms with Gasteiger partial charge in [-0.05, 0) is 24.8 Å². The SMILES string of the molecule is CC(CCN)C(=O)NCCC(C)(C)C. The van der Waals surface area contributed by atoms with Gasteiger partial charge >= 0.3 is 0 Å². The van der Waals surface area contributed by atoms with Crippen LogP contribution in [-0.2, 0) is 4.79 Å². The summed E-state index contributed by atoms with van der Waals surface area (Å²) in [6.45, 7) is 9.76. The van der Waals surface area contributed by atoms with Crippen LogP contribution in [0.25, 0.3) is 0 Å². The molecule has 0 aliphatic rings. The summed E-state index contributed by atoms with van der Waals surface area (Å²) < 4.78 is 0. The Bertz CT molecular complexity index is 173. The lowest BCUT2D eigenvalue weighted by atomic mass is 9.92. The normalized spacial score (nSPS) is 13.8. The van der Waals surface area contributed by atoms with Crippen LogP contribution in [0.2, 0.25) is 0 Å². The predicted molar refractivity (Wildman–Crippen MR) is 59.9 cm³/mol. The third kappa shape index (κ3) is 6.89. The molecule has 0 aromatic heterocycles. The van der Waals surface area contributed by atoms with Crippen molar-refractivity contribution in [1.82, 2.24) is 5.32 Å². The maximum atomic E-state index is 11.5. The zero-order valence-electron chi connectivity index (χ0n) is 9.89. The molecule has 14 heavy (non-hydrogen) atoms. The number of carbonyl (C=O) groups excluding carboxylic acids is 1. The van der Waals surface area contributed by atoms with Crippen LogP contribution in [-0.4, -0.2) is 19.0 Å². The van der Waals surface area contributed by atoms with Crippen LogP contribution in [0.3, 0.4) is 0 Å². The fourth-order valence-electron chi connectivity index (χ4n) is 1.12. The first kappa shape index (κ1) is 13.4. The molecule has 0 saturated heterocycles. The van der Waals surface area contributed by atoms with E-state index < -0.39 is 0 Å². The molecule has 84 valence electrons. The molecule has 0 spiro atoms. The van der Waals surface area contributed by atoms with E-state index in [0.717, 1.165) is 19.4 Å². The quantitative estimate of drug-likeness (QED) is 0.707. The molecule has 1 unspecified atom stereocenters. The molecule has 0 bridgehead atoms. The second kappa shape index (κ2) is 6.02. The molecule has 1 amide bonds. The van der Waals surface area contributed by atoms with Gasteiger partial charge in [-0.25, -0.2) is 0 Å². The van der Waals surface area contributed by atoms with Crippen molar-refractivity contribution < 1.29 is 4.79 Å². The van der Waals surface area contributed by atoms with Crippen molar-refractivity contribution in [3.8, 4) is 0 Å². The van der Waals surface area contributed by atoms with Crippen LogP contribution in [0.4, 0.5) is 0 Å². The first-order chi connectivity index (χ1) is 6.37. The van der Waals surface area contributed by atoms with Gasteiger partial charge in [0.2, 0.25) is 5.91 Å². The molecule has 0 aliphatic carbocycles. The molecule has 1 atom stereocenters. The van der Waals surface area contributed by atoms with Gasteiger partial charge in [-0.15, -0.1) is 0 Å². The largest absolute Gasteiger partial charge is 0.356 e. The van der Waals surface area contributed by atoms with E-state index in [4.69, 9.17) is 5.73 Å². The van der Waals surface area contributed by atoms with E-state index in [9.17, 15) is 4.79 Å². The minimum atomic E-state index is 0.0416. The Balaban J connectivity index is 3.64. The Hall–Kier alpha value is -0.570. The van der Waals surface area contributed by atoms with Crippen LogP contribution < -0.4 is 11.1 Å². The highest BCUT2D eigenvalue weighted by Gasteiger charge is 2.13. The lowest BCUT2D eigenvalue weighted by Crippen LogP contribution is -2.32. The summed E-state index contributed by atoms with van der Waals surface area (Å²) in [4.78, 5) is 11.5. The molecule has 0 heterocycles. The third-order valence-corrected chi connectivity index (χ3v) is 2.22. The Kier molecular flexibility index (Phi) is 5.77. The zero-order valence-corrected chi connectivity index (χ0v) is 9.89. The van der Waals surface area contributed by atoms with Crippen molar-refractivity contribution in [3.05, 3.63) is 0 Å². The van der Waals surface area contributed by atoms with Gasteiger partial charge in [-0.3, -0.25) is 4.79 Å². The third-order valence-electron chi connectivity index (χ3n) is 2.22. The summed E-state index contributed by atoms with van der Waals surface area (Å²) in [6.07, 6.45) is 1.77. The van der Waals surface area contributed by atoms with Crippen molar-refractivity contribution in [1.29, 1.82) is 0 Å². The van der Waals surface area contributed by atoms with Gasteiger partial charge in [-0.1, -0.05) is 27.7 Å². The fourth-order valence-corrected chi connectivity index (χ4v) is 1.12. The second-order valence-electron chi connectivity index (χ2n) is 5.08. The van der Waals surface area contributed by atoms with Gasteiger partial charge in [0.25, 0.3) is 0 Å². The number of rotatable bonds is 5.